The fourth-order valence-corrected chi connectivity index (χ4v) is 3.87. The SMILES string of the molecule is Cn1cc(CC(N)C(=O)Nn2cnc3scc(-c4ccccc4)c3c2=O)cn1. The van der Waals surface area contributed by atoms with Gasteiger partial charge in [-0.3, -0.25) is 19.7 Å². The Morgan fingerprint density at radius 3 is 2.82 bits per heavy atom. The standard InChI is InChI=1S/C19H18N6O2S/c1-24-9-12(8-22-24)7-15(20)17(26)23-25-11-21-18-16(19(25)27)14(10-28-18)13-5-3-2-4-6-13/h2-6,8-11,15H,7,20H2,1H3,(H,23,26). The first-order chi connectivity index (χ1) is 13.5. The van der Waals surface area contributed by atoms with Crippen LogP contribution in [-0.2, 0) is 18.3 Å². The van der Waals surface area contributed by atoms with Gasteiger partial charge in [0.05, 0.1) is 17.6 Å². The van der Waals surface area contributed by atoms with Crippen LogP contribution in [0.5, 0.6) is 0 Å². The van der Waals surface area contributed by atoms with Gasteiger partial charge in [0, 0.05) is 24.2 Å². The highest BCUT2D eigenvalue weighted by atomic mass is 32.1. The summed E-state index contributed by atoms with van der Waals surface area (Å²) >= 11 is 1.39. The van der Waals surface area contributed by atoms with Gasteiger partial charge in [0.2, 0.25) is 0 Å². The number of benzene rings is 1. The van der Waals surface area contributed by atoms with Gasteiger partial charge in [-0.1, -0.05) is 30.3 Å². The van der Waals surface area contributed by atoms with E-state index < -0.39 is 11.9 Å². The highest BCUT2D eigenvalue weighted by Gasteiger charge is 2.18. The number of nitrogens with one attached hydrogen (secondary N) is 1. The third-order valence-corrected chi connectivity index (χ3v) is 5.25. The topological polar surface area (TPSA) is 108 Å². The summed E-state index contributed by atoms with van der Waals surface area (Å²) in [7, 11) is 1.79. The average molecular weight is 394 g/mol. The number of rotatable bonds is 5. The van der Waals surface area contributed by atoms with E-state index in [4.69, 9.17) is 5.73 Å². The molecule has 4 rings (SSSR count). The second-order valence-electron chi connectivity index (χ2n) is 6.42. The van der Waals surface area contributed by atoms with Crippen molar-refractivity contribution in [2.75, 3.05) is 5.43 Å². The largest absolute Gasteiger partial charge is 0.320 e. The van der Waals surface area contributed by atoms with E-state index in [1.165, 1.54) is 17.7 Å². The van der Waals surface area contributed by atoms with Gasteiger partial charge in [-0.2, -0.15) is 5.10 Å². The number of hydrogen-bond donors (Lipinski definition) is 2. The predicted molar refractivity (Wildman–Crippen MR) is 109 cm³/mol. The van der Waals surface area contributed by atoms with Gasteiger partial charge in [0.1, 0.15) is 11.2 Å². The van der Waals surface area contributed by atoms with Crippen molar-refractivity contribution in [1.29, 1.82) is 0 Å². The quantitative estimate of drug-likeness (QED) is 0.533. The lowest BCUT2D eigenvalue weighted by Crippen LogP contribution is -2.43. The van der Waals surface area contributed by atoms with E-state index in [1.807, 2.05) is 35.7 Å². The summed E-state index contributed by atoms with van der Waals surface area (Å²) in [5, 5.41) is 6.43. The van der Waals surface area contributed by atoms with Crippen LogP contribution in [0.4, 0.5) is 0 Å². The lowest BCUT2D eigenvalue weighted by atomic mass is 10.1. The van der Waals surface area contributed by atoms with E-state index in [-0.39, 0.29) is 5.56 Å². The normalized spacial score (nSPS) is 12.2. The average Bonchev–Trinajstić information content (AvgIpc) is 3.31. The van der Waals surface area contributed by atoms with Crippen LogP contribution in [-0.4, -0.2) is 31.4 Å². The van der Waals surface area contributed by atoms with Gasteiger partial charge >= 0.3 is 0 Å². The summed E-state index contributed by atoms with van der Waals surface area (Å²) < 4.78 is 2.73. The first kappa shape index (κ1) is 18.1. The Morgan fingerprint density at radius 2 is 2.11 bits per heavy atom. The molecule has 0 aliphatic carbocycles. The minimum Gasteiger partial charge on any atom is -0.320 e. The number of amides is 1. The van der Waals surface area contributed by atoms with Crippen LogP contribution in [0.25, 0.3) is 21.3 Å². The minimum atomic E-state index is -0.817. The Bertz CT molecular complexity index is 1190. The van der Waals surface area contributed by atoms with Crippen LogP contribution in [0.3, 0.4) is 0 Å². The zero-order valence-corrected chi connectivity index (χ0v) is 15.9. The molecule has 0 aliphatic heterocycles. The fraction of sp³-hybridized carbons (Fsp3) is 0.158. The van der Waals surface area contributed by atoms with Crippen molar-refractivity contribution in [3.05, 3.63) is 70.4 Å². The third-order valence-electron chi connectivity index (χ3n) is 4.36. The monoisotopic (exact) mass is 394 g/mol. The first-order valence-corrected chi connectivity index (χ1v) is 9.49. The second kappa shape index (κ2) is 7.37. The van der Waals surface area contributed by atoms with Gasteiger partial charge in [-0.05, 0) is 17.5 Å². The van der Waals surface area contributed by atoms with Crippen molar-refractivity contribution < 1.29 is 4.79 Å². The summed E-state index contributed by atoms with van der Waals surface area (Å²) in [6.07, 6.45) is 5.08. The minimum absolute atomic E-state index is 0.317. The molecule has 0 saturated carbocycles. The molecular formula is C19H18N6O2S. The number of nitrogens with two attached hydrogens (primary N) is 1. The molecule has 3 aromatic heterocycles. The number of hydrogen-bond acceptors (Lipinski definition) is 6. The number of fused-ring (bicyclic) bond motifs is 1. The van der Waals surface area contributed by atoms with Crippen LogP contribution >= 0.6 is 11.3 Å². The van der Waals surface area contributed by atoms with Crippen molar-refractivity contribution in [1.82, 2.24) is 19.4 Å². The van der Waals surface area contributed by atoms with E-state index in [9.17, 15) is 9.59 Å². The van der Waals surface area contributed by atoms with Crippen molar-refractivity contribution in [2.24, 2.45) is 12.8 Å². The molecule has 0 radical (unpaired) electrons. The molecule has 1 aromatic carbocycles. The summed E-state index contributed by atoms with van der Waals surface area (Å²) in [4.78, 5) is 30.3. The van der Waals surface area contributed by atoms with Gasteiger partial charge in [0.15, 0.2) is 0 Å². The molecule has 0 saturated heterocycles. The van der Waals surface area contributed by atoms with Crippen molar-refractivity contribution in [3.63, 3.8) is 0 Å². The number of nitrogens with zero attached hydrogens (tertiary/aromatic N) is 4. The molecule has 28 heavy (non-hydrogen) atoms. The highest BCUT2D eigenvalue weighted by molar-refractivity contribution is 7.17. The molecule has 9 heteroatoms. The molecule has 0 fully saturated rings. The molecule has 0 aliphatic rings. The van der Waals surface area contributed by atoms with Crippen LogP contribution in [0.1, 0.15) is 5.56 Å². The van der Waals surface area contributed by atoms with E-state index in [1.54, 1.807) is 24.1 Å². The van der Waals surface area contributed by atoms with Gasteiger partial charge in [-0.25, -0.2) is 9.66 Å². The Morgan fingerprint density at radius 1 is 1.32 bits per heavy atom. The molecule has 1 atom stereocenters. The summed E-state index contributed by atoms with van der Waals surface area (Å²) in [5.74, 6) is -0.469. The summed E-state index contributed by atoms with van der Waals surface area (Å²) in [6, 6.07) is 8.78. The molecule has 142 valence electrons. The summed E-state index contributed by atoms with van der Waals surface area (Å²) in [6.45, 7) is 0. The Hall–Kier alpha value is -3.30. The van der Waals surface area contributed by atoms with Gasteiger partial charge < -0.3 is 5.73 Å². The van der Waals surface area contributed by atoms with Crippen LogP contribution in [0.15, 0.2) is 59.2 Å². The van der Waals surface area contributed by atoms with Crippen molar-refractivity contribution in [3.8, 4) is 11.1 Å². The molecule has 4 aromatic rings. The van der Waals surface area contributed by atoms with E-state index >= 15 is 0 Å². The molecular weight excluding hydrogens is 376 g/mol. The van der Waals surface area contributed by atoms with E-state index in [0.29, 0.717) is 16.6 Å². The van der Waals surface area contributed by atoms with E-state index in [2.05, 4.69) is 15.5 Å². The molecule has 3 heterocycles. The number of carbonyl (C=O) groups is 1. The molecule has 1 amide bonds. The Balaban J connectivity index is 1.61. The predicted octanol–water partition coefficient (Wildman–Crippen LogP) is 1.50. The molecule has 8 nitrogen and oxygen atoms in total. The lowest BCUT2D eigenvalue weighted by molar-refractivity contribution is -0.118. The molecule has 0 spiro atoms. The zero-order valence-electron chi connectivity index (χ0n) is 15.1. The van der Waals surface area contributed by atoms with Crippen LogP contribution in [0, 0.1) is 0 Å². The van der Waals surface area contributed by atoms with Gasteiger partial charge in [-0.15, -0.1) is 11.3 Å². The maximum atomic E-state index is 13.0. The maximum Gasteiger partial charge on any atom is 0.281 e. The zero-order chi connectivity index (χ0) is 19.7. The lowest BCUT2D eigenvalue weighted by Gasteiger charge is -2.12. The second-order valence-corrected chi connectivity index (χ2v) is 7.28. The van der Waals surface area contributed by atoms with Crippen molar-refractivity contribution in [2.45, 2.75) is 12.5 Å². The highest BCUT2D eigenvalue weighted by Crippen LogP contribution is 2.30. The third kappa shape index (κ3) is 3.45. The number of thiophene rings is 1. The smallest absolute Gasteiger partial charge is 0.281 e. The van der Waals surface area contributed by atoms with Crippen LogP contribution < -0.4 is 16.7 Å². The molecule has 3 N–H and O–H groups in total. The van der Waals surface area contributed by atoms with E-state index in [0.717, 1.165) is 21.4 Å². The fourth-order valence-electron chi connectivity index (χ4n) is 2.97. The molecule has 1 unspecified atom stereocenters. The number of carbonyl (C=O) groups excluding carboxylic acids is 1. The molecule has 0 bridgehead atoms. The summed E-state index contributed by atoms with van der Waals surface area (Å²) in [5.41, 5.74) is 10.8. The Kier molecular flexibility index (Phi) is 4.76. The number of aromatic nitrogens is 4. The van der Waals surface area contributed by atoms with Crippen molar-refractivity contribution >= 4 is 27.5 Å². The maximum absolute atomic E-state index is 13.0. The van der Waals surface area contributed by atoms with Gasteiger partial charge in [0.25, 0.3) is 11.5 Å². The first-order valence-electron chi connectivity index (χ1n) is 8.61. The Labute approximate surface area is 164 Å². The van der Waals surface area contributed by atoms with Crippen LogP contribution in [0.2, 0.25) is 0 Å². The number of aryl methyl sites for hydroxylation is 1.